The fourth-order valence-electron chi connectivity index (χ4n) is 1.84. The van der Waals surface area contributed by atoms with Crippen LogP contribution in [0, 0.1) is 5.41 Å². The normalized spacial score (nSPS) is 24.6. The molecule has 116 valence electrons. The van der Waals surface area contributed by atoms with Crippen LogP contribution in [0.25, 0.3) is 0 Å². The zero-order chi connectivity index (χ0) is 15.8. The molecule has 1 aliphatic heterocycles. The number of sulfonamides is 1. The quantitative estimate of drug-likeness (QED) is 0.722. The van der Waals surface area contributed by atoms with Crippen LogP contribution in [0.2, 0.25) is 0 Å². The van der Waals surface area contributed by atoms with Crippen LogP contribution < -0.4 is 0 Å². The minimum Gasteiger partial charge on any atom is -0.481 e. The number of nitrogens with zero attached hydrogens (tertiary/aromatic N) is 1. The van der Waals surface area contributed by atoms with Crippen molar-refractivity contribution in [1.29, 1.82) is 0 Å². The van der Waals surface area contributed by atoms with Gasteiger partial charge in [0.1, 0.15) is 0 Å². The van der Waals surface area contributed by atoms with E-state index in [4.69, 9.17) is 5.11 Å². The van der Waals surface area contributed by atoms with Crippen LogP contribution in [0.4, 0.5) is 13.2 Å². The van der Waals surface area contributed by atoms with Crippen LogP contribution in [0.15, 0.2) is 0 Å². The van der Waals surface area contributed by atoms with Gasteiger partial charge in [-0.15, -0.1) is 0 Å². The fourth-order valence-corrected chi connectivity index (χ4v) is 3.22. The number of alkyl halides is 3. The van der Waals surface area contributed by atoms with E-state index in [1.807, 2.05) is 0 Å². The SMILES string of the molecule is COC(=O)CS(=O)(=O)N1CCC(C(=O)O)(C(F)(F)F)C1. The number of rotatable bonds is 4. The molecule has 1 atom stereocenters. The summed E-state index contributed by atoms with van der Waals surface area (Å²) in [5.74, 6) is -4.40. The third kappa shape index (κ3) is 2.87. The lowest BCUT2D eigenvalue weighted by atomic mass is 9.86. The number of hydrogen-bond acceptors (Lipinski definition) is 5. The second kappa shape index (κ2) is 5.20. The number of halogens is 3. The fraction of sp³-hybridized carbons (Fsp3) is 0.778. The molecule has 20 heavy (non-hydrogen) atoms. The van der Waals surface area contributed by atoms with Crippen molar-refractivity contribution in [2.24, 2.45) is 5.41 Å². The predicted octanol–water partition coefficient (Wildman–Crippen LogP) is -0.172. The van der Waals surface area contributed by atoms with E-state index < -0.39 is 58.8 Å². The number of ether oxygens (including phenoxy) is 1. The summed E-state index contributed by atoms with van der Waals surface area (Å²) in [7, 11) is -3.41. The molecule has 1 N–H and O–H groups in total. The minimum atomic E-state index is -5.09. The van der Waals surface area contributed by atoms with Crippen molar-refractivity contribution in [3.63, 3.8) is 0 Å². The van der Waals surface area contributed by atoms with Crippen LogP contribution in [0.3, 0.4) is 0 Å². The number of methoxy groups -OCH3 is 1. The van der Waals surface area contributed by atoms with Gasteiger partial charge in [-0.2, -0.15) is 17.5 Å². The molecule has 7 nitrogen and oxygen atoms in total. The average Bonchev–Trinajstić information content (AvgIpc) is 2.74. The Morgan fingerprint density at radius 2 is 1.95 bits per heavy atom. The summed E-state index contributed by atoms with van der Waals surface area (Å²) < 4.78 is 66.5. The lowest BCUT2D eigenvalue weighted by molar-refractivity contribution is -0.226. The van der Waals surface area contributed by atoms with Crippen molar-refractivity contribution in [2.75, 3.05) is 26.0 Å². The Morgan fingerprint density at radius 3 is 2.30 bits per heavy atom. The third-order valence-corrected chi connectivity index (χ3v) is 4.81. The molecule has 0 aromatic rings. The van der Waals surface area contributed by atoms with Crippen molar-refractivity contribution >= 4 is 22.0 Å². The Bertz CT molecular complexity index is 516. The van der Waals surface area contributed by atoms with Gasteiger partial charge in [0.05, 0.1) is 7.11 Å². The number of carboxylic acid groups (broad SMARTS) is 1. The van der Waals surface area contributed by atoms with E-state index in [1.165, 1.54) is 0 Å². The first-order valence-corrected chi connectivity index (χ1v) is 6.92. The highest BCUT2D eigenvalue weighted by Crippen LogP contribution is 2.46. The number of hydrogen-bond donors (Lipinski definition) is 1. The van der Waals surface area contributed by atoms with Crippen molar-refractivity contribution < 1.29 is 41.0 Å². The number of carbonyl (C=O) groups is 2. The summed E-state index contributed by atoms with van der Waals surface area (Å²) in [5.41, 5.74) is -3.14. The van der Waals surface area contributed by atoms with Gasteiger partial charge >= 0.3 is 18.1 Å². The summed E-state index contributed by atoms with van der Waals surface area (Å²) in [4.78, 5) is 21.8. The van der Waals surface area contributed by atoms with E-state index in [0.29, 0.717) is 4.31 Å². The number of carbonyl (C=O) groups excluding carboxylic acids is 1. The van der Waals surface area contributed by atoms with Crippen LogP contribution in [-0.4, -0.2) is 61.9 Å². The Labute approximate surface area is 112 Å². The van der Waals surface area contributed by atoms with Crippen LogP contribution in [0.1, 0.15) is 6.42 Å². The van der Waals surface area contributed by atoms with E-state index >= 15 is 0 Å². The molecule has 1 heterocycles. The van der Waals surface area contributed by atoms with Crippen molar-refractivity contribution in [2.45, 2.75) is 12.6 Å². The maximum Gasteiger partial charge on any atom is 0.406 e. The Kier molecular flexibility index (Phi) is 4.34. The molecule has 0 radical (unpaired) electrons. The molecule has 0 bridgehead atoms. The van der Waals surface area contributed by atoms with Gasteiger partial charge in [0, 0.05) is 13.1 Å². The number of carboxylic acids is 1. The van der Waals surface area contributed by atoms with Crippen molar-refractivity contribution in [1.82, 2.24) is 4.31 Å². The molecule has 0 aromatic carbocycles. The van der Waals surface area contributed by atoms with E-state index in [-0.39, 0.29) is 0 Å². The van der Waals surface area contributed by atoms with Crippen LogP contribution >= 0.6 is 0 Å². The molecule has 1 saturated heterocycles. The summed E-state index contributed by atoms with van der Waals surface area (Å²) in [6, 6.07) is 0. The largest absolute Gasteiger partial charge is 0.481 e. The van der Waals surface area contributed by atoms with Crippen LogP contribution in [-0.2, 0) is 24.3 Å². The molecule has 0 spiro atoms. The van der Waals surface area contributed by atoms with Gasteiger partial charge in [-0.05, 0) is 6.42 Å². The van der Waals surface area contributed by atoms with Crippen molar-refractivity contribution in [3.8, 4) is 0 Å². The lowest BCUT2D eigenvalue weighted by Gasteiger charge is -2.27. The molecule has 1 unspecified atom stereocenters. The molecule has 0 amide bonds. The summed E-state index contributed by atoms with van der Waals surface area (Å²) in [6.07, 6.45) is -5.99. The number of aliphatic carboxylic acids is 1. The first-order chi connectivity index (χ1) is 8.96. The maximum atomic E-state index is 12.9. The van der Waals surface area contributed by atoms with E-state index in [9.17, 15) is 31.2 Å². The Balaban J connectivity index is 3.01. The highest BCUT2D eigenvalue weighted by molar-refractivity contribution is 7.89. The molecule has 0 aliphatic carbocycles. The molecule has 1 aliphatic rings. The Morgan fingerprint density at radius 1 is 1.40 bits per heavy atom. The Hall–Kier alpha value is -1.36. The summed E-state index contributed by atoms with van der Waals surface area (Å²) in [5, 5.41) is 8.78. The monoisotopic (exact) mass is 319 g/mol. The van der Waals surface area contributed by atoms with Gasteiger partial charge < -0.3 is 9.84 Å². The van der Waals surface area contributed by atoms with E-state index in [1.54, 1.807) is 0 Å². The highest BCUT2D eigenvalue weighted by Gasteiger charge is 2.65. The maximum absolute atomic E-state index is 12.9. The van der Waals surface area contributed by atoms with Gasteiger partial charge in [0.25, 0.3) is 0 Å². The topological polar surface area (TPSA) is 101 Å². The van der Waals surface area contributed by atoms with Gasteiger partial charge in [0.15, 0.2) is 11.2 Å². The first-order valence-electron chi connectivity index (χ1n) is 5.31. The molecular formula is C9H12F3NO6S. The summed E-state index contributed by atoms with van der Waals surface area (Å²) in [6.45, 7) is -1.86. The van der Waals surface area contributed by atoms with E-state index in [0.717, 1.165) is 7.11 Å². The number of esters is 1. The molecule has 0 aromatic heterocycles. The molecule has 0 saturated carbocycles. The smallest absolute Gasteiger partial charge is 0.406 e. The first kappa shape index (κ1) is 16.7. The second-order valence-electron chi connectivity index (χ2n) is 4.30. The minimum absolute atomic E-state index is 0.353. The molecule has 11 heteroatoms. The molecule has 1 rings (SSSR count). The standard InChI is InChI=1S/C9H12F3NO6S/c1-19-6(14)4-20(17,18)13-3-2-8(5-13,7(15)16)9(10,11)12/h2-5H2,1H3,(H,15,16). The van der Waals surface area contributed by atoms with Crippen LogP contribution in [0.5, 0.6) is 0 Å². The molecule has 1 fully saturated rings. The zero-order valence-corrected chi connectivity index (χ0v) is 11.1. The average molecular weight is 319 g/mol. The summed E-state index contributed by atoms with van der Waals surface area (Å²) >= 11 is 0. The third-order valence-electron chi connectivity index (χ3n) is 3.11. The highest BCUT2D eigenvalue weighted by atomic mass is 32.2. The zero-order valence-electron chi connectivity index (χ0n) is 10.3. The van der Waals surface area contributed by atoms with Gasteiger partial charge in [0.2, 0.25) is 10.0 Å². The van der Waals surface area contributed by atoms with Crippen molar-refractivity contribution in [3.05, 3.63) is 0 Å². The van der Waals surface area contributed by atoms with Gasteiger partial charge in [-0.1, -0.05) is 0 Å². The predicted molar refractivity (Wildman–Crippen MR) is 58.1 cm³/mol. The second-order valence-corrected chi connectivity index (χ2v) is 6.27. The van der Waals surface area contributed by atoms with Gasteiger partial charge in [-0.3, -0.25) is 9.59 Å². The van der Waals surface area contributed by atoms with Gasteiger partial charge in [-0.25, -0.2) is 8.42 Å². The lowest BCUT2D eigenvalue weighted by Crippen LogP contribution is -2.48. The van der Waals surface area contributed by atoms with E-state index in [2.05, 4.69) is 4.74 Å². The molecular weight excluding hydrogens is 307 g/mol.